The Morgan fingerprint density at radius 3 is 2.00 bits per heavy atom. The van der Waals surface area contributed by atoms with E-state index in [4.69, 9.17) is 13.8 Å². The van der Waals surface area contributed by atoms with Crippen molar-refractivity contribution in [3.63, 3.8) is 0 Å². The van der Waals surface area contributed by atoms with Crippen LogP contribution in [0.25, 0.3) is 0 Å². The number of hydrogen-bond acceptors (Lipinski definition) is 5. The summed E-state index contributed by atoms with van der Waals surface area (Å²) in [7, 11) is -3.25. The number of rotatable bonds is 6. The molecule has 0 aromatic heterocycles. The molecule has 0 heterocycles. The molecular weight excluding hydrogens is 245 g/mol. The largest absolute Gasteiger partial charge is 0.444 e. The number of hydrogen-bond donors (Lipinski definition) is 1. The molecule has 6 nitrogen and oxygen atoms in total. The molecule has 0 spiro atoms. The number of alkyl carbamates (subject to hydrolysis) is 1. The van der Waals surface area contributed by atoms with Gasteiger partial charge in [0.1, 0.15) is 11.9 Å². The van der Waals surface area contributed by atoms with E-state index in [1.54, 1.807) is 34.6 Å². The van der Waals surface area contributed by atoms with Gasteiger partial charge in [-0.05, 0) is 34.6 Å². The van der Waals surface area contributed by atoms with E-state index >= 15 is 0 Å². The topological polar surface area (TPSA) is 73.9 Å². The second kappa shape index (κ2) is 6.99. The molecule has 0 aliphatic rings. The second-order valence-corrected chi connectivity index (χ2v) is 6.34. The molecule has 0 bridgehead atoms. The Bertz CT molecular complexity index is 277. The van der Waals surface area contributed by atoms with Crippen molar-refractivity contribution in [3.05, 3.63) is 0 Å². The van der Waals surface area contributed by atoms with E-state index in [-0.39, 0.29) is 19.5 Å². The van der Waals surface area contributed by atoms with Gasteiger partial charge >= 0.3 is 13.7 Å². The van der Waals surface area contributed by atoms with Gasteiger partial charge in [0.15, 0.2) is 0 Å². The van der Waals surface area contributed by atoms with Gasteiger partial charge in [0.05, 0.1) is 13.2 Å². The van der Waals surface area contributed by atoms with Crippen LogP contribution in [0.15, 0.2) is 0 Å². The van der Waals surface area contributed by atoms with Crippen LogP contribution in [-0.4, -0.2) is 31.2 Å². The van der Waals surface area contributed by atoms with E-state index in [0.29, 0.717) is 0 Å². The smallest absolute Gasteiger partial charge is 0.408 e. The molecule has 0 fully saturated rings. The standard InChI is InChI=1S/C10H22NO5P/c1-6-14-17(13,15-7-2)8-11-9(12)16-10(3,4)5/h6-8H2,1-5H3,(H,11,12). The quantitative estimate of drug-likeness (QED) is 0.749. The van der Waals surface area contributed by atoms with Crippen molar-refractivity contribution in [2.45, 2.75) is 40.2 Å². The average molecular weight is 267 g/mol. The summed E-state index contributed by atoms with van der Waals surface area (Å²) < 4.78 is 27.0. The Morgan fingerprint density at radius 2 is 1.65 bits per heavy atom. The lowest BCUT2D eigenvalue weighted by Gasteiger charge is -2.21. The van der Waals surface area contributed by atoms with Gasteiger partial charge in [0, 0.05) is 0 Å². The summed E-state index contributed by atoms with van der Waals surface area (Å²) in [6.07, 6.45) is -0.832. The number of nitrogens with one attached hydrogen (secondary N) is 1. The summed E-state index contributed by atoms with van der Waals surface area (Å²) in [5.41, 5.74) is -0.592. The Balaban J connectivity index is 4.22. The number of carbonyl (C=O) groups is 1. The van der Waals surface area contributed by atoms with Crippen LogP contribution in [0.5, 0.6) is 0 Å². The third-order valence-corrected chi connectivity index (χ3v) is 3.32. The van der Waals surface area contributed by atoms with Gasteiger partial charge < -0.3 is 19.1 Å². The zero-order chi connectivity index (χ0) is 13.5. The Hall–Kier alpha value is -0.580. The van der Waals surface area contributed by atoms with Crippen molar-refractivity contribution in [2.24, 2.45) is 0 Å². The lowest BCUT2D eigenvalue weighted by molar-refractivity contribution is 0.0530. The zero-order valence-electron chi connectivity index (χ0n) is 11.1. The van der Waals surface area contributed by atoms with E-state index in [1.165, 1.54) is 0 Å². The SMILES string of the molecule is CCOP(=O)(CNC(=O)OC(C)(C)C)OCC. The van der Waals surface area contributed by atoms with Crippen LogP contribution >= 0.6 is 7.60 Å². The lowest BCUT2D eigenvalue weighted by atomic mass is 10.2. The Kier molecular flexibility index (Phi) is 6.75. The maximum atomic E-state index is 12.0. The van der Waals surface area contributed by atoms with Crippen LogP contribution in [0.4, 0.5) is 4.79 Å². The van der Waals surface area contributed by atoms with E-state index in [0.717, 1.165) is 0 Å². The number of ether oxygens (including phenoxy) is 1. The molecule has 0 atom stereocenters. The van der Waals surface area contributed by atoms with Crippen molar-refractivity contribution in [3.8, 4) is 0 Å². The first-order valence-electron chi connectivity index (χ1n) is 5.57. The average Bonchev–Trinajstić information content (AvgIpc) is 2.13. The fourth-order valence-electron chi connectivity index (χ4n) is 0.997. The van der Waals surface area contributed by atoms with Crippen LogP contribution in [0.3, 0.4) is 0 Å². The van der Waals surface area contributed by atoms with Crippen molar-refractivity contribution in [2.75, 3.05) is 19.5 Å². The first-order valence-corrected chi connectivity index (χ1v) is 7.30. The molecule has 1 N–H and O–H groups in total. The highest BCUT2D eigenvalue weighted by molar-refractivity contribution is 7.53. The molecule has 0 aromatic carbocycles. The molecule has 0 aromatic rings. The summed E-state index contributed by atoms with van der Waals surface area (Å²) in [5, 5.41) is 2.38. The molecule has 7 heteroatoms. The van der Waals surface area contributed by atoms with Crippen molar-refractivity contribution in [1.29, 1.82) is 0 Å². The monoisotopic (exact) mass is 267 g/mol. The number of amides is 1. The normalized spacial score (nSPS) is 12.3. The minimum absolute atomic E-state index is 0.191. The maximum Gasteiger partial charge on any atom is 0.408 e. The van der Waals surface area contributed by atoms with Gasteiger partial charge in [-0.2, -0.15) is 0 Å². The van der Waals surface area contributed by atoms with Crippen molar-refractivity contribution < 1.29 is 23.1 Å². The van der Waals surface area contributed by atoms with E-state index < -0.39 is 19.3 Å². The van der Waals surface area contributed by atoms with Crippen molar-refractivity contribution >= 4 is 13.7 Å². The van der Waals surface area contributed by atoms with Crippen molar-refractivity contribution in [1.82, 2.24) is 5.32 Å². The minimum Gasteiger partial charge on any atom is -0.444 e. The van der Waals surface area contributed by atoms with Gasteiger partial charge in [0.2, 0.25) is 0 Å². The molecule has 17 heavy (non-hydrogen) atoms. The molecule has 0 radical (unpaired) electrons. The molecule has 102 valence electrons. The first-order chi connectivity index (χ1) is 7.72. The Morgan fingerprint density at radius 1 is 1.18 bits per heavy atom. The highest BCUT2D eigenvalue weighted by atomic mass is 31.2. The fourth-order valence-corrected chi connectivity index (χ4v) is 2.36. The zero-order valence-corrected chi connectivity index (χ0v) is 12.0. The van der Waals surface area contributed by atoms with Crippen LogP contribution in [-0.2, 0) is 18.3 Å². The van der Waals surface area contributed by atoms with E-state index in [9.17, 15) is 9.36 Å². The fraction of sp³-hybridized carbons (Fsp3) is 0.900. The molecule has 0 saturated heterocycles. The maximum absolute atomic E-state index is 12.0. The lowest BCUT2D eigenvalue weighted by Crippen LogP contribution is -2.33. The second-order valence-electron chi connectivity index (χ2n) is 4.28. The molecule has 1 amide bonds. The van der Waals surface area contributed by atoms with E-state index in [2.05, 4.69) is 5.32 Å². The van der Waals surface area contributed by atoms with Crippen LogP contribution in [0.2, 0.25) is 0 Å². The van der Waals surface area contributed by atoms with E-state index in [1.807, 2.05) is 0 Å². The van der Waals surface area contributed by atoms with Gasteiger partial charge in [-0.1, -0.05) is 0 Å². The van der Waals surface area contributed by atoms with Gasteiger partial charge in [-0.3, -0.25) is 4.57 Å². The predicted octanol–water partition coefficient (Wildman–Crippen LogP) is 2.73. The van der Waals surface area contributed by atoms with Crippen LogP contribution < -0.4 is 5.32 Å². The molecule has 0 aliphatic heterocycles. The highest BCUT2D eigenvalue weighted by Crippen LogP contribution is 2.46. The third-order valence-electron chi connectivity index (χ3n) is 1.47. The summed E-state index contributed by atoms with van der Waals surface area (Å²) in [5.74, 6) is 0. The highest BCUT2D eigenvalue weighted by Gasteiger charge is 2.25. The minimum atomic E-state index is -3.25. The summed E-state index contributed by atoms with van der Waals surface area (Å²) in [4.78, 5) is 11.3. The van der Waals surface area contributed by atoms with Crippen LogP contribution in [0, 0.1) is 0 Å². The van der Waals surface area contributed by atoms with Gasteiger partial charge in [0.25, 0.3) is 0 Å². The summed E-state index contributed by atoms with van der Waals surface area (Å²) in [6, 6.07) is 0. The Labute approximate surface area is 103 Å². The van der Waals surface area contributed by atoms with Gasteiger partial charge in [-0.25, -0.2) is 4.79 Å². The molecule has 0 unspecified atom stereocenters. The first kappa shape index (κ1) is 16.4. The predicted molar refractivity (Wildman–Crippen MR) is 65.1 cm³/mol. The summed E-state index contributed by atoms with van der Waals surface area (Å²) in [6.45, 7) is 9.17. The molecule has 0 rings (SSSR count). The summed E-state index contributed by atoms with van der Waals surface area (Å²) >= 11 is 0. The molecule has 0 saturated carbocycles. The molecule has 0 aliphatic carbocycles. The third kappa shape index (κ3) is 8.18. The van der Waals surface area contributed by atoms with Gasteiger partial charge in [-0.15, -0.1) is 0 Å². The number of carbonyl (C=O) groups excluding carboxylic acids is 1. The molecular formula is C10H22NO5P. The van der Waals surface area contributed by atoms with Crippen LogP contribution in [0.1, 0.15) is 34.6 Å².